The first kappa shape index (κ1) is 17.5. The highest BCUT2D eigenvalue weighted by Gasteiger charge is 2.13. The number of ether oxygens (including phenoxy) is 2. The molecule has 3 rings (SSSR count). The van der Waals surface area contributed by atoms with E-state index >= 15 is 0 Å². The number of aryl methyl sites for hydroxylation is 1. The average molecular weight is 374 g/mol. The number of carbonyl (C=O) groups is 1. The van der Waals surface area contributed by atoms with Gasteiger partial charge in [0.1, 0.15) is 24.0 Å². The predicted molar refractivity (Wildman–Crippen MR) is 99.5 cm³/mol. The van der Waals surface area contributed by atoms with Crippen molar-refractivity contribution in [1.29, 1.82) is 0 Å². The van der Waals surface area contributed by atoms with Crippen LogP contribution in [-0.4, -0.2) is 24.2 Å². The lowest BCUT2D eigenvalue weighted by Gasteiger charge is -2.06. The van der Waals surface area contributed by atoms with Crippen LogP contribution in [0.4, 0.5) is 0 Å². The van der Waals surface area contributed by atoms with Crippen LogP contribution in [0.1, 0.15) is 16.1 Å². The zero-order chi connectivity index (χ0) is 17.6. The number of hydrogen-bond donors (Lipinski definition) is 0. The van der Waals surface area contributed by atoms with Crippen molar-refractivity contribution in [3.63, 3.8) is 0 Å². The molecule has 0 radical (unpaired) electrons. The number of benzene rings is 2. The van der Waals surface area contributed by atoms with Gasteiger partial charge in [0.05, 0.1) is 0 Å². The summed E-state index contributed by atoms with van der Waals surface area (Å²) in [5, 5.41) is 3.15. The molecule has 0 aliphatic carbocycles. The highest BCUT2D eigenvalue weighted by Crippen LogP contribution is 2.24. The number of esters is 1. The molecule has 0 saturated carbocycles. The Kier molecular flexibility index (Phi) is 5.68. The van der Waals surface area contributed by atoms with Gasteiger partial charge in [0.2, 0.25) is 0 Å². The first-order valence-electron chi connectivity index (χ1n) is 7.70. The normalized spacial score (nSPS) is 10.5. The van der Waals surface area contributed by atoms with Gasteiger partial charge in [-0.3, -0.25) is 0 Å². The average Bonchev–Trinajstić information content (AvgIpc) is 3.11. The largest absolute Gasteiger partial charge is 0.490 e. The van der Waals surface area contributed by atoms with E-state index in [-0.39, 0.29) is 13.2 Å². The molecule has 4 nitrogen and oxygen atoms in total. The Labute approximate surface area is 155 Å². The lowest BCUT2D eigenvalue weighted by molar-refractivity contribution is 0.0444. The van der Waals surface area contributed by atoms with E-state index in [0.717, 1.165) is 10.6 Å². The molecule has 1 heterocycles. The first-order chi connectivity index (χ1) is 12.1. The maximum absolute atomic E-state index is 12.0. The van der Waals surface area contributed by atoms with E-state index in [1.165, 1.54) is 16.9 Å². The summed E-state index contributed by atoms with van der Waals surface area (Å²) in [5.41, 5.74) is 2.48. The summed E-state index contributed by atoms with van der Waals surface area (Å²) in [6, 6.07) is 15.0. The highest BCUT2D eigenvalue weighted by atomic mass is 35.5. The third-order valence-electron chi connectivity index (χ3n) is 3.41. The minimum Gasteiger partial charge on any atom is -0.490 e. The maximum Gasteiger partial charge on any atom is 0.357 e. The van der Waals surface area contributed by atoms with E-state index in [1.54, 1.807) is 29.6 Å². The SMILES string of the molecule is Cc1ccc(-c2nc(C(=O)OCCOc3ccc(Cl)cc3)cs2)cc1. The molecule has 0 fully saturated rings. The van der Waals surface area contributed by atoms with Gasteiger partial charge in [0.15, 0.2) is 5.69 Å². The van der Waals surface area contributed by atoms with Gasteiger partial charge in [-0.05, 0) is 31.2 Å². The maximum atomic E-state index is 12.0. The number of carbonyl (C=O) groups excluding carboxylic acids is 1. The molecule has 2 aromatic carbocycles. The van der Waals surface area contributed by atoms with Gasteiger partial charge in [-0.1, -0.05) is 41.4 Å². The smallest absolute Gasteiger partial charge is 0.357 e. The Bertz CT molecular complexity index is 844. The minimum atomic E-state index is -0.450. The molecule has 0 amide bonds. The van der Waals surface area contributed by atoms with Crippen LogP contribution in [0.5, 0.6) is 5.75 Å². The van der Waals surface area contributed by atoms with Crippen molar-refractivity contribution >= 4 is 28.9 Å². The fourth-order valence-electron chi connectivity index (χ4n) is 2.09. The second kappa shape index (κ2) is 8.14. The fourth-order valence-corrected chi connectivity index (χ4v) is 3.02. The molecule has 0 saturated heterocycles. The second-order valence-electron chi connectivity index (χ2n) is 5.34. The molecule has 0 aliphatic heterocycles. The van der Waals surface area contributed by atoms with E-state index in [2.05, 4.69) is 4.98 Å². The minimum absolute atomic E-state index is 0.152. The van der Waals surface area contributed by atoms with Gasteiger partial charge >= 0.3 is 5.97 Å². The standard InChI is InChI=1S/C19H16ClNO3S/c1-13-2-4-14(5-3-13)18-21-17(12-25-18)19(22)24-11-10-23-16-8-6-15(20)7-9-16/h2-9,12H,10-11H2,1H3. The summed E-state index contributed by atoms with van der Waals surface area (Å²) in [6.45, 7) is 2.45. The van der Waals surface area contributed by atoms with Crippen molar-refractivity contribution in [2.75, 3.05) is 13.2 Å². The molecule has 1 aromatic heterocycles. The Hall–Kier alpha value is -2.37. The third kappa shape index (κ3) is 4.81. The van der Waals surface area contributed by atoms with Crippen LogP contribution in [0.25, 0.3) is 10.6 Å². The zero-order valence-electron chi connectivity index (χ0n) is 13.6. The summed E-state index contributed by atoms with van der Waals surface area (Å²) >= 11 is 7.22. The van der Waals surface area contributed by atoms with Gasteiger partial charge in [-0.25, -0.2) is 9.78 Å². The first-order valence-corrected chi connectivity index (χ1v) is 8.95. The molecule has 0 spiro atoms. The molecule has 0 aliphatic rings. The van der Waals surface area contributed by atoms with Crippen molar-refractivity contribution in [2.45, 2.75) is 6.92 Å². The zero-order valence-corrected chi connectivity index (χ0v) is 15.1. The van der Waals surface area contributed by atoms with Crippen LogP contribution in [-0.2, 0) is 4.74 Å². The third-order valence-corrected chi connectivity index (χ3v) is 4.55. The number of aromatic nitrogens is 1. The number of thiazole rings is 1. The van der Waals surface area contributed by atoms with E-state index in [0.29, 0.717) is 16.5 Å². The molecular formula is C19H16ClNO3S. The van der Waals surface area contributed by atoms with Gasteiger partial charge < -0.3 is 9.47 Å². The predicted octanol–water partition coefficient (Wildman–Crippen LogP) is 5.01. The molecule has 0 atom stereocenters. The fraction of sp³-hybridized carbons (Fsp3) is 0.158. The molecule has 0 unspecified atom stereocenters. The molecule has 6 heteroatoms. The van der Waals surface area contributed by atoms with Crippen molar-refractivity contribution < 1.29 is 14.3 Å². The van der Waals surface area contributed by atoms with Crippen molar-refractivity contribution in [1.82, 2.24) is 4.98 Å². The van der Waals surface area contributed by atoms with E-state index in [4.69, 9.17) is 21.1 Å². The number of rotatable bonds is 6. The number of hydrogen-bond acceptors (Lipinski definition) is 5. The molecular weight excluding hydrogens is 358 g/mol. The van der Waals surface area contributed by atoms with Crippen LogP contribution in [0, 0.1) is 6.92 Å². The van der Waals surface area contributed by atoms with E-state index in [1.807, 2.05) is 31.2 Å². The van der Waals surface area contributed by atoms with Crippen molar-refractivity contribution in [2.24, 2.45) is 0 Å². The van der Waals surface area contributed by atoms with Crippen LogP contribution in [0.3, 0.4) is 0 Å². The summed E-state index contributed by atoms with van der Waals surface area (Å²) in [6.07, 6.45) is 0. The molecule has 0 bridgehead atoms. The second-order valence-corrected chi connectivity index (χ2v) is 6.64. The lowest BCUT2D eigenvalue weighted by atomic mass is 10.2. The summed E-state index contributed by atoms with van der Waals surface area (Å²) in [4.78, 5) is 16.4. The number of nitrogens with zero attached hydrogens (tertiary/aromatic N) is 1. The van der Waals surface area contributed by atoms with Crippen molar-refractivity contribution in [3.05, 3.63) is 70.2 Å². The van der Waals surface area contributed by atoms with Crippen molar-refractivity contribution in [3.8, 4) is 16.3 Å². The molecule has 3 aromatic rings. The summed E-state index contributed by atoms with van der Waals surface area (Å²) in [7, 11) is 0. The van der Waals surface area contributed by atoms with Crippen LogP contribution < -0.4 is 4.74 Å². The van der Waals surface area contributed by atoms with Crippen LogP contribution >= 0.6 is 22.9 Å². The Morgan fingerprint density at radius 3 is 2.52 bits per heavy atom. The summed E-state index contributed by atoms with van der Waals surface area (Å²) in [5.74, 6) is 0.227. The highest BCUT2D eigenvalue weighted by molar-refractivity contribution is 7.13. The van der Waals surface area contributed by atoms with E-state index in [9.17, 15) is 4.79 Å². The van der Waals surface area contributed by atoms with Gasteiger partial charge in [0, 0.05) is 16.0 Å². The van der Waals surface area contributed by atoms with Gasteiger partial charge in [-0.2, -0.15) is 0 Å². The van der Waals surface area contributed by atoms with E-state index < -0.39 is 5.97 Å². The Balaban J connectivity index is 1.50. The van der Waals surface area contributed by atoms with Crippen LogP contribution in [0.15, 0.2) is 53.9 Å². The Morgan fingerprint density at radius 1 is 1.08 bits per heavy atom. The van der Waals surface area contributed by atoms with Crippen LogP contribution in [0.2, 0.25) is 5.02 Å². The topological polar surface area (TPSA) is 48.4 Å². The monoisotopic (exact) mass is 373 g/mol. The summed E-state index contributed by atoms with van der Waals surface area (Å²) < 4.78 is 10.7. The quantitative estimate of drug-likeness (QED) is 0.450. The lowest BCUT2D eigenvalue weighted by Crippen LogP contribution is -2.12. The molecule has 128 valence electrons. The number of halogens is 1. The van der Waals surface area contributed by atoms with Gasteiger partial charge in [-0.15, -0.1) is 11.3 Å². The molecule has 25 heavy (non-hydrogen) atoms. The molecule has 0 N–H and O–H groups in total. The van der Waals surface area contributed by atoms with Gasteiger partial charge in [0.25, 0.3) is 0 Å². The Morgan fingerprint density at radius 2 is 1.80 bits per heavy atom.